The minimum absolute atomic E-state index is 0.0287. The number of hydrogen-bond acceptors (Lipinski definition) is 4. The fourth-order valence-corrected chi connectivity index (χ4v) is 3.48. The van der Waals surface area contributed by atoms with Crippen LogP contribution in [0.25, 0.3) is 0 Å². The quantitative estimate of drug-likeness (QED) is 0.511. The molecule has 33 heavy (non-hydrogen) atoms. The topological polar surface area (TPSA) is 75.4 Å². The zero-order valence-corrected chi connectivity index (χ0v) is 20.1. The Bertz CT molecular complexity index is 1080. The first-order valence-corrected chi connectivity index (χ1v) is 11.4. The Hall–Kier alpha value is -3.41. The van der Waals surface area contributed by atoms with Crippen molar-refractivity contribution in [2.45, 2.75) is 59.5 Å². The molecule has 0 radical (unpaired) electrons. The summed E-state index contributed by atoms with van der Waals surface area (Å²) >= 11 is 0. The monoisotopic (exact) mass is 447 g/mol. The third-order valence-electron chi connectivity index (χ3n) is 5.49. The lowest BCUT2D eigenvalue weighted by molar-refractivity contribution is 0.0727. The maximum atomic E-state index is 13.1. The summed E-state index contributed by atoms with van der Waals surface area (Å²) in [5, 5.41) is 6.75. The first-order valence-electron chi connectivity index (χ1n) is 11.4. The maximum Gasteiger partial charge on any atom is 0.273 e. The molecule has 0 fully saturated rings. The van der Waals surface area contributed by atoms with E-state index in [2.05, 4.69) is 31.2 Å². The fraction of sp³-hybridized carbons (Fsp3) is 0.370. The van der Waals surface area contributed by atoms with E-state index in [0.717, 1.165) is 12.0 Å². The van der Waals surface area contributed by atoms with Gasteiger partial charge in [-0.1, -0.05) is 74.8 Å². The van der Waals surface area contributed by atoms with Gasteiger partial charge in [0.1, 0.15) is 0 Å². The van der Waals surface area contributed by atoms with Gasteiger partial charge in [-0.15, -0.1) is 0 Å². The van der Waals surface area contributed by atoms with Gasteiger partial charge in [0.2, 0.25) is 0 Å². The van der Waals surface area contributed by atoms with Crippen LogP contribution in [0.2, 0.25) is 0 Å². The molecule has 1 N–H and O–H groups in total. The molecule has 0 saturated heterocycles. The number of carbonyl (C=O) groups excluding carboxylic acids is 2. The first kappa shape index (κ1) is 24.2. The van der Waals surface area contributed by atoms with Crippen molar-refractivity contribution in [1.82, 2.24) is 15.4 Å². The molecule has 1 aromatic heterocycles. The number of nitrogens with one attached hydrogen (secondary N) is 1. The van der Waals surface area contributed by atoms with E-state index in [4.69, 9.17) is 4.52 Å². The van der Waals surface area contributed by atoms with Crippen molar-refractivity contribution >= 4 is 11.8 Å². The Labute approximate surface area is 196 Å². The van der Waals surface area contributed by atoms with Crippen molar-refractivity contribution in [3.63, 3.8) is 0 Å². The number of amides is 2. The minimum Gasteiger partial charge on any atom is -0.359 e. The average molecular weight is 448 g/mol. The van der Waals surface area contributed by atoms with E-state index in [1.54, 1.807) is 11.0 Å². The van der Waals surface area contributed by atoms with E-state index in [-0.39, 0.29) is 29.5 Å². The van der Waals surface area contributed by atoms with Gasteiger partial charge < -0.3 is 14.7 Å². The van der Waals surface area contributed by atoms with Gasteiger partial charge in [0.15, 0.2) is 11.5 Å². The van der Waals surface area contributed by atoms with Crippen LogP contribution in [0.1, 0.15) is 77.4 Å². The van der Waals surface area contributed by atoms with Gasteiger partial charge in [0.05, 0.1) is 6.54 Å². The predicted molar refractivity (Wildman–Crippen MR) is 129 cm³/mol. The number of rotatable bonds is 8. The van der Waals surface area contributed by atoms with E-state index < -0.39 is 0 Å². The van der Waals surface area contributed by atoms with Gasteiger partial charge in [0.25, 0.3) is 11.8 Å². The second kappa shape index (κ2) is 10.5. The molecule has 3 aromatic rings. The van der Waals surface area contributed by atoms with Crippen LogP contribution >= 0.6 is 0 Å². The number of nitrogens with zero attached hydrogens (tertiary/aromatic N) is 2. The van der Waals surface area contributed by atoms with Crippen LogP contribution in [-0.4, -0.2) is 28.4 Å². The molecular weight excluding hydrogens is 414 g/mol. The van der Waals surface area contributed by atoms with E-state index in [1.807, 2.05) is 62.4 Å². The minimum atomic E-state index is -0.309. The normalized spacial score (nSPS) is 11.3. The molecule has 0 unspecified atom stereocenters. The van der Waals surface area contributed by atoms with Crippen molar-refractivity contribution in [2.24, 2.45) is 0 Å². The van der Waals surface area contributed by atoms with Crippen molar-refractivity contribution < 1.29 is 14.1 Å². The molecular formula is C27H33N3O3. The molecule has 0 aliphatic rings. The van der Waals surface area contributed by atoms with Crippen molar-refractivity contribution in [2.75, 3.05) is 6.54 Å². The highest BCUT2D eigenvalue weighted by Crippen LogP contribution is 2.23. The largest absolute Gasteiger partial charge is 0.359 e. The van der Waals surface area contributed by atoms with Crippen LogP contribution in [0.3, 0.4) is 0 Å². The Morgan fingerprint density at radius 2 is 1.70 bits per heavy atom. The molecule has 0 aliphatic heterocycles. The zero-order chi connectivity index (χ0) is 24.0. The second-order valence-electron chi connectivity index (χ2n) is 9.40. The summed E-state index contributed by atoms with van der Waals surface area (Å²) < 4.78 is 5.38. The molecule has 0 atom stereocenters. The molecule has 0 aliphatic carbocycles. The second-order valence-corrected chi connectivity index (χ2v) is 9.40. The molecule has 0 bridgehead atoms. The average Bonchev–Trinajstić information content (AvgIpc) is 3.26. The highest BCUT2D eigenvalue weighted by Gasteiger charge is 2.20. The van der Waals surface area contributed by atoms with Crippen molar-refractivity contribution in [1.29, 1.82) is 0 Å². The van der Waals surface area contributed by atoms with Gasteiger partial charge in [-0.05, 0) is 42.0 Å². The summed E-state index contributed by atoms with van der Waals surface area (Å²) in [6, 6.07) is 17.3. The molecule has 174 valence electrons. The smallest absolute Gasteiger partial charge is 0.273 e. The standard InChI is InChI=1S/C27H33N3O3/c1-6-15-30(26(32)21-11-13-22(14-12-21)27(3,4)5)18-23-16-24(29-33-23)25(31)28-17-20-9-7-19(2)8-10-20/h7-14,16H,6,15,17-18H2,1-5H3,(H,28,31). The number of aryl methyl sites for hydroxylation is 1. The predicted octanol–water partition coefficient (Wildman–Crippen LogP) is 5.26. The summed E-state index contributed by atoms with van der Waals surface area (Å²) in [7, 11) is 0. The van der Waals surface area contributed by atoms with E-state index in [0.29, 0.717) is 24.4 Å². The maximum absolute atomic E-state index is 13.1. The van der Waals surface area contributed by atoms with Crippen molar-refractivity contribution in [3.8, 4) is 0 Å². The van der Waals surface area contributed by atoms with Crippen LogP contribution in [-0.2, 0) is 18.5 Å². The Morgan fingerprint density at radius 1 is 1.03 bits per heavy atom. The summed E-state index contributed by atoms with van der Waals surface area (Å²) in [6.45, 7) is 11.7. The van der Waals surface area contributed by atoms with E-state index >= 15 is 0 Å². The molecule has 6 nitrogen and oxygen atoms in total. The zero-order valence-electron chi connectivity index (χ0n) is 20.1. The summed E-state index contributed by atoms with van der Waals surface area (Å²) in [5.74, 6) is 0.0967. The SMILES string of the molecule is CCCN(Cc1cc(C(=O)NCc2ccc(C)cc2)no1)C(=O)c1ccc(C(C)(C)C)cc1. The molecule has 0 saturated carbocycles. The van der Waals surface area contributed by atoms with Crippen LogP contribution in [0, 0.1) is 6.92 Å². The summed E-state index contributed by atoms with van der Waals surface area (Å²) in [5.41, 5.74) is 4.22. The number of carbonyl (C=O) groups is 2. The Morgan fingerprint density at radius 3 is 2.30 bits per heavy atom. The third-order valence-corrected chi connectivity index (χ3v) is 5.49. The van der Waals surface area contributed by atoms with Crippen LogP contribution < -0.4 is 5.32 Å². The summed E-state index contributed by atoms with van der Waals surface area (Å²) in [6.07, 6.45) is 0.809. The van der Waals surface area contributed by atoms with Gasteiger partial charge in [0, 0.05) is 24.7 Å². The fourth-order valence-electron chi connectivity index (χ4n) is 3.48. The van der Waals surface area contributed by atoms with Crippen LogP contribution in [0.5, 0.6) is 0 Å². The van der Waals surface area contributed by atoms with Crippen LogP contribution in [0.4, 0.5) is 0 Å². The molecule has 1 heterocycles. The highest BCUT2D eigenvalue weighted by atomic mass is 16.5. The van der Waals surface area contributed by atoms with Gasteiger partial charge in [-0.2, -0.15) is 0 Å². The van der Waals surface area contributed by atoms with Crippen LogP contribution in [0.15, 0.2) is 59.1 Å². The molecule has 2 amide bonds. The van der Waals surface area contributed by atoms with E-state index in [9.17, 15) is 9.59 Å². The number of hydrogen-bond donors (Lipinski definition) is 1. The lowest BCUT2D eigenvalue weighted by Gasteiger charge is -2.22. The molecule has 3 rings (SSSR count). The van der Waals surface area contributed by atoms with Gasteiger partial charge in [-0.25, -0.2) is 0 Å². The van der Waals surface area contributed by atoms with E-state index in [1.165, 1.54) is 11.1 Å². The lowest BCUT2D eigenvalue weighted by atomic mass is 9.86. The highest BCUT2D eigenvalue weighted by molar-refractivity contribution is 5.94. The van der Waals surface area contributed by atoms with Gasteiger partial charge in [-0.3, -0.25) is 9.59 Å². The summed E-state index contributed by atoms with van der Waals surface area (Å²) in [4.78, 5) is 27.3. The Balaban J connectivity index is 1.64. The molecule has 0 spiro atoms. The molecule has 2 aromatic carbocycles. The molecule has 6 heteroatoms. The lowest BCUT2D eigenvalue weighted by Crippen LogP contribution is -2.31. The number of aromatic nitrogens is 1. The van der Waals surface area contributed by atoms with Gasteiger partial charge >= 0.3 is 0 Å². The first-order chi connectivity index (χ1) is 15.7. The Kier molecular flexibility index (Phi) is 7.69. The number of benzene rings is 2. The third kappa shape index (κ3) is 6.54. The van der Waals surface area contributed by atoms with Crippen molar-refractivity contribution in [3.05, 3.63) is 88.3 Å².